The zero-order chi connectivity index (χ0) is 18.8. The van der Waals surface area contributed by atoms with E-state index >= 15 is 0 Å². The van der Waals surface area contributed by atoms with Gasteiger partial charge in [-0.05, 0) is 12.1 Å². The summed E-state index contributed by atoms with van der Waals surface area (Å²) in [7, 11) is 0. The molecule has 1 N–H and O–H groups in total. The highest BCUT2D eigenvalue weighted by atomic mass is 32.1. The number of nitrogens with zero attached hydrogens (tertiary/aromatic N) is 4. The molecule has 0 aliphatic carbocycles. The monoisotopic (exact) mass is 379 g/mol. The minimum atomic E-state index is -0.466. The van der Waals surface area contributed by atoms with Crippen molar-refractivity contribution in [1.29, 1.82) is 0 Å². The molecule has 0 bridgehead atoms. The zero-order valence-electron chi connectivity index (χ0n) is 13.9. The number of amides is 1. The van der Waals surface area contributed by atoms with Crippen molar-refractivity contribution in [2.45, 2.75) is 6.54 Å². The number of para-hydroxylation sites is 2. The molecule has 27 heavy (non-hydrogen) atoms. The molecule has 1 amide bonds. The number of fused-ring (bicyclic) bond motifs is 1. The van der Waals surface area contributed by atoms with E-state index in [4.69, 9.17) is 0 Å². The van der Waals surface area contributed by atoms with Crippen LogP contribution in [-0.4, -0.2) is 25.6 Å². The molecule has 4 rings (SSSR count). The second kappa shape index (κ2) is 6.96. The Morgan fingerprint density at radius 1 is 1.19 bits per heavy atom. The summed E-state index contributed by atoms with van der Waals surface area (Å²) in [6.07, 6.45) is 3.03. The highest BCUT2D eigenvalue weighted by Gasteiger charge is 2.15. The number of hydrogen-bond acceptors (Lipinski definition) is 6. The van der Waals surface area contributed by atoms with Crippen molar-refractivity contribution in [1.82, 2.24) is 20.1 Å². The molecule has 2 heterocycles. The maximum atomic E-state index is 12.4. The van der Waals surface area contributed by atoms with Crippen LogP contribution in [0.1, 0.15) is 15.9 Å². The molecule has 134 valence electrons. The van der Waals surface area contributed by atoms with Gasteiger partial charge >= 0.3 is 0 Å². The third-order valence-corrected chi connectivity index (χ3v) is 4.98. The van der Waals surface area contributed by atoms with E-state index in [1.54, 1.807) is 29.1 Å². The number of rotatable bonds is 5. The molecular weight excluding hydrogens is 366 g/mol. The third kappa shape index (κ3) is 3.40. The molecule has 0 saturated carbocycles. The Balaban J connectivity index is 1.50. The van der Waals surface area contributed by atoms with E-state index in [1.807, 2.05) is 24.3 Å². The molecule has 0 unspecified atom stereocenters. The number of aromatic nitrogens is 3. The first-order chi connectivity index (χ1) is 13.1. The number of hydrogen-bond donors (Lipinski definition) is 1. The Labute approximate surface area is 157 Å². The molecule has 4 aromatic rings. The average Bonchev–Trinajstić information content (AvgIpc) is 3.33. The second-order valence-corrected chi connectivity index (χ2v) is 6.72. The van der Waals surface area contributed by atoms with E-state index in [2.05, 4.69) is 15.4 Å². The summed E-state index contributed by atoms with van der Waals surface area (Å²) in [5, 5.41) is 18.6. The van der Waals surface area contributed by atoms with Crippen molar-refractivity contribution in [3.8, 4) is 5.13 Å². The number of benzene rings is 2. The minimum Gasteiger partial charge on any atom is -0.348 e. The van der Waals surface area contributed by atoms with Crippen LogP contribution in [0.15, 0.2) is 60.9 Å². The van der Waals surface area contributed by atoms with E-state index in [-0.39, 0.29) is 18.1 Å². The van der Waals surface area contributed by atoms with Crippen LogP contribution < -0.4 is 5.32 Å². The average molecular weight is 379 g/mol. The summed E-state index contributed by atoms with van der Waals surface area (Å²) in [5.74, 6) is -0.361. The highest BCUT2D eigenvalue weighted by Crippen LogP contribution is 2.24. The van der Waals surface area contributed by atoms with Crippen molar-refractivity contribution < 1.29 is 9.72 Å². The lowest BCUT2D eigenvalue weighted by molar-refractivity contribution is -0.385. The Kier molecular flexibility index (Phi) is 4.35. The quantitative estimate of drug-likeness (QED) is 0.423. The first kappa shape index (κ1) is 16.9. The number of thiazole rings is 1. The number of nitrogens with one attached hydrogen (secondary N) is 1. The maximum Gasteiger partial charge on any atom is 0.274 e. The molecule has 0 saturated heterocycles. The van der Waals surface area contributed by atoms with Crippen LogP contribution in [-0.2, 0) is 6.54 Å². The predicted octanol–water partition coefficient (Wildman–Crippen LogP) is 3.32. The lowest BCUT2D eigenvalue weighted by atomic mass is 10.2. The van der Waals surface area contributed by atoms with Crippen LogP contribution >= 0.6 is 11.3 Å². The lowest BCUT2D eigenvalue weighted by Gasteiger charge is -2.04. The van der Waals surface area contributed by atoms with Gasteiger partial charge in [0.25, 0.3) is 11.6 Å². The second-order valence-electron chi connectivity index (χ2n) is 5.71. The van der Waals surface area contributed by atoms with Crippen LogP contribution in [0.25, 0.3) is 15.3 Å². The topological polar surface area (TPSA) is 103 Å². The van der Waals surface area contributed by atoms with Crippen molar-refractivity contribution in [2.24, 2.45) is 0 Å². The van der Waals surface area contributed by atoms with Gasteiger partial charge in [-0.25, -0.2) is 9.67 Å². The van der Waals surface area contributed by atoms with Gasteiger partial charge in [0.15, 0.2) is 0 Å². The summed E-state index contributed by atoms with van der Waals surface area (Å²) < 4.78 is 2.58. The lowest BCUT2D eigenvalue weighted by Crippen LogP contribution is -2.22. The Morgan fingerprint density at radius 2 is 1.96 bits per heavy atom. The van der Waals surface area contributed by atoms with Crippen LogP contribution in [0.5, 0.6) is 0 Å². The van der Waals surface area contributed by atoms with E-state index in [0.29, 0.717) is 16.3 Å². The summed E-state index contributed by atoms with van der Waals surface area (Å²) >= 11 is 1.47. The first-order valence-electron chi connectivity index (χ1n) is 8.03. The van der Waals surface area contributed by atoms with Crippen molar-refractivity contribution in [3.63, 3.8) is 0 Å². The number of nitro groups is 1. The molecule has 0 atom stereocenters. The summed E-state index contributed by atoms with van der Waals surface area (Å²) in [6, 6.07) is 14.0. The van der Waals surface area contributed by atoms with Crippen molar-refractivity contribution in [2.75, 3.05) is 0 Å². The maximum absolute atomic E-state index is 12.4. The largest absolute Gasteiger partial charge is 0.348 e. The van der Waals surface area contributed by atoms with Crippen LogP contribution in [0.2, 0.25) is 0 Å². The Bertz CT molecular complexity index is 1120. The highest BCUT2D eigenvalue weighted by molar-refractivity contribution is 7.20. The van der Waals surface area contributed by atoms with Crippen molar-refractivity contribution in [3.05, 3.63) is 82.2 Å². The SMILES string of the molecule is O=C(NCc1ccccc1[N+](=O)[O-])c1cnn(-c2nc3ccccc3s2)c1. The first-order valence-corrected chi connectivity index (χ1v) is 8.84. The number of carbonyl (C=O) groups is 1. The predicted molar refractivity (Wildman–Crippen MR) is 101 cm³/mol. The van der Waals surface area contributed by atoms with Crippen molar-refractivity contribution >= 4 is 33.1 Å². The fourth-order valence-electron chi connectivity index (χ4n) is 2.62. The van der Waals surface area contributed by atoms with Gasteiger partial charge < -0.3 is 5.32 Å². The molecule has 0 fully saturated rings. The Hall–Kier alpha value is -3.59. The Morgan fingerprint density at radius 3 is 2.78 bits per heavy atom. The van der Waals surface area contributed by atoms with Gasteiger partial charge in [0, 0.05) is 24.4 Å². The molecule has 2 aromatic carbocycles. The molecular formula is C18H13N5O3S. The van der Waals surface area contributed by atoms with Gasteiger partial charge in [0.1, 0.15) is 0 Å². The molecule has 9 heteroatoms. The molecule has 8 nitrogen and oxygen atoms in total. The number of carbonyl (C=O) groups excluding carboxylic acids is 1. The zero-order valence-corrected chi connectivity index (χ0v) is 14.7. The molecule has 2 aromatic heterocycles. The van der Waals surface area contributed by atoms with E-state index in [0.717, 1.165) is 10.2 Å². The summed E-state index contributed by atoms with van der Waals surface area (Å²) in [6.45, 7) is 0.0578. The van der Waals surface area contributed by atoms with Gasteiger partial charge in [0.05, 0.1) is 26.9 Å². The van der Waals surface area contributed by atoms with Crippen LogP contribution in [0.3, 0.4) is 0 Å². The number of nitro benzene ring substituents is 1. The van der Waals surface area contributed by atoms with Gasteiger partial charge in [-0.2, -0.15) is 5.10 Å². The molecule has 0 aliphatic heterocycles. The van der Waals surface area contributed by atoms with Crippen LogP contribution in [0.4, 0.5) is 5.69 Å². The van der Waals surface area contributed by atoms with Gasteiger partial charge in [-0.15, -0.1) is 0 Å². The summed E-state index contributed by atoms with van der Waals surface area (Å²) in [4.78, 5) is 27.4. The van der Waals surface area contributed by atoms with E-state index in [1.165, 1.54) is 23.6 Å². The standard InChI is InChI=1S/C18H13N5O3S/c24-17(19-9-12-5-1-3-7-15(12)23(25)26)13-10-20-22(11-13)18-21-14-6-2-4-8-16(14)27-18/h1-8,10-11H,9H2,(H,19,24). The summed E-state index contributed by atoms with van der Waals surface area (Å²) in [5.41, 5.74) is 1.64. The molecule has 0 spiro atoms. The van der Waals surface area contributed by atoms with Crippen LogP contribution in [0, 0.1) is 10.1 Å². The normalized spacial score (nSPS) is 10.8. The third-order valence-electron chi connectivity index (χ3n) is 3.95. The van der Waals surface area contributed by atoms with E-state index in [9.17, 15) is 14.9 Å². The fourth-order valence-corrected chi connectivity index (χ4v) is 3.52. The molecule has 0 aliphatic rings. The molecule has 0 radical (unpaired) electrons. The van der Waals surface area contributed by atoms with E-state index < -0.39 is 4.92 Å². The van der Waals surface area contributed by atoms with Gasteiger partial charge in [0.2, 0.25) is 5.13 Å². The smallest absolute Gasteiger partial charge is 0.274 e. The fraction of sp³-hybridized carbons (Fsp3) is 0.0556. The van der Waals surface area contributed by atoms with Gasteiger partial charge in [-0.3, -0.25) is 14.9 Å². The minimum absolute atomic E-state index is 0.0250. The van der Waals surface area contributed by atoms with Gasteiger partial charge in [-0.1, -0.05) is 41.7 Å².